The largest absolute Gasteiger partial charge is 0.445 e. The van der Waals surface area contributed by atoms with Gasteiger partial charge in [0.05, 0.1) is 0 Å². The number of hydrogen-bond donors (Lipinski definition) is 3. The van der Waals surface area contributed by atoms with Gasteiger partial charge in [0.25, 0.3) is 0 Å². The normalized spacial score (nSPS) is 12.1. The molecule has 2 aromatic rings. The SMILES string of the molecule is C#CC[C@H](NC(=O)[C@@H](Cc1ccccc1)NC(=O)OCc1ccccc1)C(N)=O. The number of benzene rings is 2. The lowest BCUT2D eigenvalue weighted by molar-refractivity contribution is -0.128. The Balaban J connectivity index is 2.05. The maximum atomic E-state index is 12.7. The van der Waals surface area contributed by atoms with Crippen LogP contribution >= 0.6 is 0 Å². The second-order valence-corrected chi connectivity index (χ2v) is 6.32. The van der Waals surface area contributed by atoms with Crippen LogP contribution in [0.15, 0.2) is 60.7 Å². The molecule has 0 saturated heterocycles. The van der Waals surface area contributed by atoms with Crippen LogP contribution in [0, 0.1) is 12.3 Å². The molecule has 0 spiro atoms. The standard InChI is InChI=1S/C22H23N3O4/c1-2-9-18(20(23)26)24-21(27)19(14-16-10-5-3-6-11-16)25-22(28)29-15-17-12-7-4-8-13-17/h1,3-8,10-13,18-19H,9,14-15H2,(H2,23,26)(H,24,27)(H,25,28)/t18-,19+/m0/s1. The maximum Gasteiger partial charge on any atom is 0.408 e. The molecule has 7 nitrogen and oxygen atoms in total. The number of hydrogen-bond acceptors (Lipinski definition) is 4. The van der Waals surface area contributed by atoms with Crippen molar-refractivity contribution < 1.29 is 19.1 Å². The Labute approximate surface area is 169 Å². The number of terminal acetylenes is 1. The molecule has 2 aromatic carbocycles. The molecule has 29 heavy (non-hydrogen) atoms. The molecule has 0 aliphatic carbocycles. The number of nitrogens with one attached hydrogen (secondary N) is 2. The molecular formula is C22H23N3O4. The zero-order valence-electron chi connectivity index (χ0n) is 15.8. The van der Waals surface area contributed by atoms with Crippen molar-refractivity contribution in [2.75, 3.05) is 0 Å². The van der Waals surface area contributed by atoms with E-state index >= 15 is 0 Å². The fourth-order valence-corrected chi connectivity index (χ4v) is 2.58. The molecule has 0 aromatic heterocycles. The van der Waals surface area contributed by atoms with E-state index in [1.54, 1.807) is 0 Å². The quantitative estimate of drug-likeness (QED) is 0.561. The molecule has 7 heteroatoms. The summed E-state index contributed by atoms with van der Waals surface area (Å²) < 4.78 is 5.19. The second kappa shape index (κ2) is 11.1. The van der Waals surface area contributed by atoms with Gasteiger partial charge in [0.15, 0.2) is 0 Å². The summed E-state index contributed by atoms with van der Waals surface area (Å²) in [6.45, 7) is 0.0629. The molecule has 4 N–H and O–H groups in total. The molecule has 150 valence electrons. The summed E-state index contributed by atoms with van der Waals surface area (Å²) in [6.07, 6.45) is 4.63. The third-order valence-electron chi connectivity index (χ3n) is 4.09. The van der Waals surface area contributed by atoms with E-state index in [0.717, 1.165) is 11.1 Å². The predicted molar refractivity (Wildman–Crippen MR) is 108 cm³/mol. The molecule has 2 rings (SSSR count). The molecule has 0 aliphatic rings. The van der Waals surface area contributed by atoms with Crippen molar-refractivity contribution >= 4 is 17.9 Å². The van der Waals surface area contributed by atoms with Crippen molar-refractivity contribution in [2.24, 2.45) is 5.73 Å². The average Bonchev–Trinajstić information content (AvgIpc) is 2.73. The molecule has 3 amide bonds. The van der Waals surface area contributed by atoms with E-state index in [1.807, 2.05) is 60.7 Å². The Hall–Kier alpha value is -3.79. The Morgan fingerprint density at radius 3 is 2.07 bits per heavy atom. The molecule has 0 bridgehead atoms. The smallest absolute Gasteiger partial charge is 0.408 e. The van der Waals surface area contributed by atoms with Crippen LogP contribution in [0.3, 0.4) is 0 Å². The molecule has 0 unspecified atom stereocenters. The number of alkyl carbamates (subject to hydrolysis) is 1. The molecule has 0 fully saturated rings. The van der Waals surface area contributed by atoms with Gasteiger partial charge in [-0.1, -0.05) is 60.7 Å². The minimum Gasteiger partial charge on any atom is -0.445 e. The molecule has 0 heterocycles. The summed E-state index contributed by atoms with van der Waals surface area (Å²) in [6, 6.07) is 16.3. The minimum atomic E-state index is -1.02. The van der Waals surface area contributed by atoms with Crippen LogP contribution in [0.2, 0.25) is 0 Å². The molecule has 2 atom stereocenters. The minimum absolute atomic E-state index is 0.0441. The fourth-order valence-electron chi connectivity index (χ4n) is 2.58. The van der Waals surface area contributed by atoms with Gasteiger partial charge in [-0.2, -0.15) is 0 Å². The van der Waals surface area contributed by atoms with Gasteiger partial charge in [0.2, 0.25) is 11.8 Å². The molecule has 0 aliphatic heterocycles. The van der Waals surface area contributed by atoms with Crippen LogP contribution < -0.4 is 16.4 Å². The third kappa shape index (κ3) is 7.39. The number of nitrogens with two attached hydrogens (primary N) is 1. The summed E-state index contributed by atoms with van der Waals surface area (Å²) >= 11 is 0. The highest BCUT2D eigenvalue weighted by molar-refractivity contribution is 5.91. The van der Waals surface area contributed by atoms with E-state index < -0.39 is 30.0 Å². The number of carbonyl (C=O) groups excluding carboxylic acids is 3. The topological polar surface area (TPSA) is 111 Å². The lowest BCUT2D eigenvalue weighted by Crippen LogP contribution is -2.53. The van der Waals surface area contributed by atoms with Crippen LogP contribution in [0.4, 0.5) is 4.79 Å². The van der Waals surface area contributed by atoms with Gasteiger partial charge in [-0.3, -0.25) is 9.59 Å². The number of carbonyl (C=O) groups is 3. The lowest BCUT2D eigenvalue weighted by Gasteiger charge is -2.21. The van der Waals surface area contributed by atoms with Crippen LogP contribution in [0.1, 0.15) is 17.5 Å². The first-order chi connectivity index (χ1) is 14.0. The van der Waals surface area contributed by atoms with Gasteiger partial charge in [-0.25, -0.2) is 4.79 Å². The van der Waals surface area contributed by atoms with E-state index in [9.17, 15) is 14.4 Å². The average molecular weight is 393 g/mol. The monoisotopic (exact) mass is 393 g/mol. The zero-order valence-corrected chi connectivity index (χ0v) is 15.8. The van der Waals surface area contributed by atoms with Gasteiger partial charge < -0.3 is 21.1 Å². The number of rotatable bonds is 9. The van der Waals surface area contributed by atoms with E-state index in [-0.39, 0.29) is 19.4 Å². The van der Waals surface area contributed by atoms with Crippen molar-refractivity contribution in [1.29, 1.82) is 0 Å². The Bertz CT molecular complexity index is 863. The third-order valence-corrected chi connectivity index (χ3v) is 4.09. The van der Waals surface area contributed by atoms with Crippen LogP contribution in [0.5, 0.6) is 0 Å². The van der Waals surface area contributed by atoms with Gasteiger partial charge in [0.1, 0.15) is 18.7 Å². The van der Waals surface area contributed by atoms with Crippen molar-refractivity contribution in [3.8, 4) is 12.3 Å². The highest BCUT2D eigenvalue weighted by Gasteiger charge is 2.26. The highest BCUT2D eigenvalue weighted by atomic mass is 16.5. The van der Waals surface area contributed by atoms with E-state index in [2.05, 4.69) is 16.6 Å². The van der Waals surface area contributed by atoms with Crippen LogP contribution in [-0.2, 0) is 27.4 Å². The first-order valence-corrected chi connectivity index (χ1v) is 9.04. The summed E-state index contributed by atoms with van der Waals surface area (Å²) in [5, 5.41) is 5.04. The Kier molecular flexibility index (Phi) is 8.27. The number of ether oxygens (including phenoxy) is 1. The van der Waals surface area contributed by atoms with E-state index in [1.165, 1.54) is 0 Å². The van der Waals surface area contributed by atoms with Gasteiger partial charge in [-0.05, 0) is 11.1 Å². The summed E-state index contributed by atoms with van der Waals surface area (Å²) in [4.78, 5) is 36.4. The fraction of sp³-hybridized carbons (Fsp3) is 0.227. The van der Waals surface area contributed by atoms with Crippen molar-refractivity contribution in [3.63, 3.8) is 0 Å². The van der Waals surface area contributed by atoms with Crippen molar-refractivity contribution in [2.45, 2.75) is 31.5 Å². The predicted octanol–water partition coefficient (Wildman–Crippen LogP) is 1.52. The Morgan fingerprint density at radius 2 is 1.52 bits per heavy atom. The van der Waals surface area contributed by atoms with Crippen molar-refractivity contribution in [3.05, 3.63) is 71.8 Å². The summed E-state index contributed by atoms with van der Waals surface area (Å²) in [7, 11) is 0. The Morgan fingerprint density at radius 1 is 0.931 bits per heavy atom. The molecule has 0 radical (unpaired) electrons. The lowest BCUT2D eigenvalue weighted by atomic mass is 10.0. The first-order valence-electron chi connectivity index (χ1n) is 9.04. The molecular weight excluding hydrogens is 370 g/mol. The summed E-state index contributed by atoms with van der Waals surface area (Å²) in [5.74, 6) is 0.967. The van der Waals surface area contributed by atoms with Crippen LogP contribution in [-0.4, -0.2) is 30.0 Å². The van der Waals surface area contributed by atoms with Crippen LogP contribution in [0.25, 0.3) is 0 Å². The number of amides is 3. The van der Waals surface area contributed by atoms with Gasteiger partial charge >= 0.3 is 6.09 Å². The van der Waals surface area contributed by atoms with Gasteiger partial charge in [-0.15, -0.1) is 12.3 Å². The first kappa shape index (κ1) is 21.5. The van der Waals surface area contributed by atoms with E-state index in [0.29, 0.717) is 0 Å². The van der Waals surface area contributed by atoms with Gasteiger partial charge in [0, 0.05) is 12.8 Å². The highest BCUT2D eigenvalue weighted by Crippen LogP contribution is 2.06. The molecule has 0 saturated carbocycles. The second-order valence-electron chi connectivity index (χ2n) is 6.32. The summed E-state index contributed by atoms with van der Waals surface area (Å²) in [5.41, 5.74) is 6.91. The van der Waals surface area contributed by atoms with Crippen molar-refractivity contribution in [1.82, 2.24) is 10.6 Å². The zero-order chi connectivity index (χ0) is 21.1. The van der Waals surface area contributed by atoms with E-state index in [4.69, 9.17) is 16.9 Å². The maximum absolute atomic E-state index is 12.7. The number of primary amides is 1.